The number of benzene rings is 1. The number of anilines is 1. The zero-order valence-corrected chi connectivity index (χ0v) is 15.7. The molecule has 1 N–H and O–H groups in total. The van der Waals surface area contributed by atoms with Crippen molar-refractivity contribution < 1.29 is 28.3 Å². The maximum absolute atomic E-state index is 12.5. The number of morpholine rings is 1. The Labute approximate surface area is 162 Å². The minimum absolute atomic E-state index is 0.0686. The third kappa shape index (κ3) is 4.77. The van der Waals surface area contributed by atoms with Crippen molar-refractivity contribution in [3.05, 3.63) is 54.0 Å². The van der Waals surface area contributed by atoms with E-state index in [9.17, 15) is 14.4 Å². The van der Waals surface area contributed by atoms with Gasteiger partial charge in [0, 0.05) is 13.1 Å². The summed E-state index contributed by atoms with van der Waals surface area (Å²) in [5, 5.41) is 2.61. The van der Waals surface area contributed by atoms with Crippen LogP contribution in [0.1, 0.15) is 34.8 Å². The van der Waals surface area contributed by atoms with Crippen molar-refractivity contribution >= 4 is 23.5 Å². The molecule has 1 aromatic heterocycles. The van der Waals surface area contributed by atoms with Gasteiger partial charge >= 0.3 is 5.97 Å². The fourth-order valence-electron chi connectivity index (χ4n) is 3.04. The van der Waals surface area contributed by atoms with Crippen molar-refractivity contribution in [3.8, 4) is 0 Å². The van der Waals surface area contributed by atoms with E-state index in [1.165, 1.54) is 18.4 Å². The third-order valence-electron chi connectivity index (χ3n) is 4.24. The van der Waals surface area contributed by atoms with Crippen molar-refractivity contribution in [2.45, 2.75) is 26.1 Å². The highest BCUT2D eigenvalue weighted by Crippen LogP contribution is 2.18. The maximum Gasteiger partial charge on any atom is 0.340 e. The Balaban J connectivity index is 1.61. The van der Waals surface area contributed by atoms with E-state index < -0.39 is 11.9 Å². The minimum Gasteiger partial charge on any atom is -0.459 e. The van der Waals surface area contributed by atoms with E-state index in [1.54, 1.807) is 29.2 Å². The molecule has 2 aromatic rings. The molecule has 2 atom stereocenters. The van der Waals surface area contributed by atoms with Gasteiger partial charge in [-0.05, 0) is 38.1 Å². The van der Waals surface area contributed by atoms with Gasteiger partial charge in [0.25, 0.3) is 11.8 Å². The Morgan fingerprint density at radius 3 is 2.50 bits per heavy atom. The summed E-state index contributed by atoms with van der Waals surface area (Å²) in [5.41, 5.74) is 0.425. The molecule has 8 heteroatoms. The Kier molecular flexibility index (Phi) is 6.10. The smallest absolute Gasteiger partial charge is 0.340 e. The summed E-state index contributed by atoms with van der Waals surface area (Å²) in [7, 11) is 0. The van der Waals surface area contributed by atoms with Crippen LogP contribution in [0.3, 0.4) is 0 Å². The number of amides is 2. The summed E-state index contributed by atoms with van der Waals surface area (Å²) in [6.45, 7) is 4.31. The fraction of sp³-hybridized carbons (Fsp3) is 0.350. The van der Waals surface area contributed by atoms with Gasteiger partial charge in [-0.1, -0.05) is 12.1 Å². The van der Waals surface area contributed by atoms with Gasteiger partial charge in [-0.15, -0.1) is 0 Å². The zero-order chi connectivity index (χ0) is 20.1. The van der Waals surface area contributed by atoms with Crippen molar-refractivity contribution in [1.29, 1.82) is 0 Å². The molecule has 1 aliphatic heterocycles. The van der Waals surface area contributed by atoms with Gasteiger partial charge in [0.05, 0.1) is 29.7 Å². The van der Waals surface area contributed by atoms with Crippen LogP contribution in [0.15, 0.2) is 47.1 Å². The quantitative estimate of drug-likeness (QED) is 0.792. The van der Waals surface area contributed by atoms with Crippen molar-refractivity contribution in [1.82, 2.24) is 4.90 Å². The van der Waals surface area contributed by atoms with Gasteiger partial charge in [-0.2, -0.15) is 0 Å². The van der Waals surface area contributed by atoms with E-state index in [2.05, 4.69) is 5.32 Å². The summed E-state index contributed by atoms with van der Waals surface area (Å²) in [4.78, 5) is 38.6. The first kappa shape index (κ1) is 19.6. The van der Waals surface area contributed by atoms with E-state index in [-0.39, 0.29) is 41.7 Å². The summed E-state index contributed by atoms with van der Waals surface area (Å²) in [6.07, 6.45) is 1.25. The number of hydrogen-bond donors (Lipinski definition) is 1. The molecule has 1 fully saturated rings. The van der Waals surface area contributed by atoms with Gasteiger partial charge < -0.3 is 24.1 Å². The molecule has 1 aliphatic rings. The molecule has 0 unspecified atom stereocenters. The van der Waals surface area contributed by atoms with E-state index in [1.807, 2.05) is 13.8 Å². The number of ether oxygens (including phenoxy) is 2. The van der Waals surface area contributed by atoms with Gasteiger partial charge in [-0.3, -0.25) is 9.59 Å². The van der Waals surface area contributed by atoms with Gasteiger partial charge in [0.2, 0.25) is 0 Å². The zero-order valence-electron chi connectivity index (χ0n) is 15.7. The van der Waals surface area contributed by atoms with Crippen molar-refractivity contribution in [3.63, 3.8) is 0 Å². The summed E-state index contributed by atoms with van der Waals surface area (Å²) in [5.74, 6) is -1.35. The second-order valence-electron chi connectivity index (χ2n) is 6.61. The van der Waals surface area contributed by atoms with E-state index >= 15 is 0 Å². The molecule has 148 valence electrons. The lowest BCUT2D eigenvalue weighted by atomic mass is 10.1. The molecular formula is C20H22N2O6. The first-order valence-corrected chi connectivity index (χ1v) is 8.98. The highest BCUT2D eigenvalue weighted by molar-refractivity contribution is 6.06. The predicted octanol–water partition coefficient (Wildman–Crippen LogP) is 2.32. The average molecular weight is 386 g/mol. The summed E-state index contributed by atoms with van der Waals surface area (Å²) < 4.78 is 15.8. The normalized spacial score (nSPS) is 19.1. The molecule has 0 spiro atoms. The van der Waals surface area contributed by atoms with Crippen LogP contribution >= 0.6 is 0 Å². The molecule has 28 heavy (non-hydrogen) atoms. The lowest BCUT2D eigenvalue weighted by Gasteiger charge is -2.35. The van der Waals surface area contributed by atoms with Crippen LogP contribution in [-0.2, 0) is 14.3 Å². The van der Waals surface area contributed by atoms with Crippen LogP contribution in [0.4, 0.5) is 5.69 Å². The van der Waals surface area contributed by atoms with Crippen molar-refractivity contribution in [2.75, 3.05) is 25.0 Å². The number of carbonyl (C=O) groups excluding carboxylic acids is 3. The highest BCUT2D eigenvalue weighted by atomic mass is 16.5. The molecule has 0 aliphatic carbocycles. The average Bonchev–Trinajstić information content (AvgIpc) is 3.20. The van der Waals surface area contributed by atoms with Crippen LogP contribution in [0.5, 0.6) is 0 Å². The maximum atomic E-state index is 12.5. The molecule has 1 aromatic carbocycles. The van der Waals surface area contributed by atoms with E-state index in [4.69, 9.17) is 13.9 Å². The van der Waals surface area contributed by atoms with Crippen LogP contribution < -0.4 is 5.32 Å². The topological polar surface area (TPSA) is 98.1 Å². The lowest BCUT2D eigenvalue weighted by molar-refractivity contribution is -0.146. The number of carbonyl (C=O) groups is 3. The summed E-state index contributed by atoms with van der Waals surface area (Å²) in [6, 6.07) is 9.52. The van der Waals surface area contributed by atoms with Gasteiger partial charge in [0.15, 0.2) is 12.4 Å². The molecular weight excluding hydrogens is 364 g/mol. The van der Waals surface area contributed by atoms with E-state index in [0.717, 1.165) is 0 Å². The fourth-order valence-corrected chi connectivity index (χ4v) is 3.04. The van der Waals surface area contributed by atoms with Crippen molar-refractivity contribution in [2.24, 2.45) is 0 Å². The Hall–Kier alpha value is -3.13. The largest absolute Gasteiger partial charge is 0.459 e. The molecule has 3 rings (SSSR count). The second kappa shape index (κ2) is 8.71. The number of furan rings is 1. The molecule has 0 saturated carbocycles. The Bertz CT molecular complexity index is 838. The van der Waals surface area contributed by atoms with Gasteiger partial charge in [-0.25, -0.2) is 4.79 Å². The highest BCUT2D eigenvalue weighted by Gasteiger charge is 2.27. The van der Waals surface area contributed by atoms with Crippen LogP contribution in [-0.4, -0.2) is 54.6 Å². The molecule has 2 heterocycles. The number of para-hydroxylation sites is 1. The molecule has 2 amide bonds. The van der Waals surface area contributed by atoms with Crippen LogP contribution in [0.25, 0.3) is 0 Å². The minimum atomic E-state index is -0.696. The standard InChI is InChI=1S/C20H22N2O6/c1-13-10-22(11-14(2)28-13)18(23)12-27-20(25)15-6-3-4-7-16(15)21-19(24)17-8-5-9-26-17/h3-9,13-14H,10-12H2,1-2H3,(H,21,24)/t13-,14+. The number of hydrogen-bond acceptors (Lipinski definition) is 6. The number of nitrogens with one attached hydrogen (secondary N) is 1. The molecule has 0 radical (unpaired) electrons. The number of nitrogens with zero attached hydrogens (tertiary/aromatic N) is 1. The third-order valence-corrected chi connectivity index (χ3v) is 4.24. The molecule has 1 saturated heterocycles. The second-order valence-corrected chi connectivity index (χ2v) is 6.61. The first-order chi connectivity index (χ1) is 13.4. The molecule has 8 nitrogen and oxygen atoms in total. The number of rotatable bonds is 5. The van der Waals surface area contributed by atoms with Crippen LogP contribution in [0.2, 0.25) is 0 Å². The summed E-state index contributed by atoms with van der Waals surface area (Å²) >= 11 is 0. The lowest BCUT2D eigenvalue weighted by Crippen LogP contribution is -2.49. The van der Waals surface area contributed by atoms with E-state index in [0.29, 0.717) is 13.1 Å². The predicted molar refractivity (Wildman–Crippen MR) is 100.0 cm³/mol. The monoisotopic (exact) mass is 386 g/mol. The Morgan fingerprint density at radius 2 is 1.82 bits per heavy atom. The molecule has 0 bridgehead atoms. The van der Waals surface area contributed by atoms with Gasteiger partial charge in [0.1, 0.15) is 0 Å². The SMILES string of the molecule is C[C@@H]1CN(C(=O)COC(=O)c2ccccc2NC(=O)c2ccco2)C[C@H](C)O1. The first-order valence-electron chi connectivity index (χ1n) is 8.98. The Morgan fingerprint density at radius 1 is 1.11 bits per heavy atom. The van der Waals surface area contributed by atoms with Crippen LogP contribution in [0, 0.1) is 0 Å². The number of esters is 1.